The lowest BCUT2D eigenvalue weighted by atomic mass is 10.0. The third-order valence-electron chi connectivity index (χ3n) is 6.61. The Hall–Kier alpha value is -4.81. The molecule has 0 spiro atoms. The molecule has 4 N–H and O–H groups in total. The van der Waals surface area contributed by atoms with Crippen LogP contribution in [0.3, 0.4) is 0 Å². The minimum Gasteiger partial charge on any atom is -0.465 e. The molecule has 0 radical (unpaired) electrons. The Morgan fingerprint density at radius 1 is 1.15 bits per heavy atom. The summed E-state index contributed by atoms with van der Waals surface area (Å²) in [5, 5.41) is 11.8. The Morgan fingerprint density at radius 3 is 2.75 bits per heavy atom. The smallest absolute Gasteiger partial charge is 0.465 e. The highest BCUT2D eigenvalue weighted by molar-refractivity contribution is 6.02. The van der Waals surface area contributed by atoms with Gasteiger partial charge in [0.25, 0.3) is 0 Å². The number of hydrogen-bond acceptors (Lipinski definition) is 6. The van der Waals surface area contributed by atoms with Gasteiger partial charge in [-0.25, -0.2) is 14.8 Å². The zero-order valence-corrected chi connectivity index (χ0v) is 21.1. The van der Waals surface area contributed by atoms with Gasteiger partial charge in [-0.3, -0.25) is 4.79 Å². The summed E-state index contributed by atoms with van der Waals surface area (Å²) in [6, 6.07) is 11.1. The second-order valence-corrected chi connectivity index (χ2v) is 9.29. The van der Waals surface area contributed by atoms with Gasteiger partial charge in [0.05, 0.1) is 11.8 Å². The molecule has 0 atom stereocenters. The van der Waals surface area contributed by atoms with Crippen LogP contribution in [-0.4, -0.2) is 51.1 Å². The first-order chi connectivity index (χ1) is 19.1. The van der Waals surface area contributed by atoms with Crippen molar-refractivity contribution >= 4 is 34.5 Å². The number of halogens is 3. The number of nitrogens with two attached hydrogens (primary N) is 1. The van der Waals surface area contributed by atoms with Gasteiger partial charge in [-0.1, -0.05) is 18.2 Å². The van der Waals surface area contributed by atoms with Gasteiger partial charge >= 0.3 is 12.5 Å². The fraction of sp³-hybridized carbons (Fsp3) is 0.259. The normalized spacial score (nSPS) is 12.9. The molecule has 1 aliphatic heterocycles. The molecular weight excluding hydrogens is 529 g/mol. The van der Waals surface area contributed by atoms with Gasteiger partial charge in [0.15, 0.2) is 0 Å². The van der Waals surface area contributed by atoms with Crippen molar-refractivity contribution in [2.75, 3.05) is 23.7 Å². The van der Waals surface area contributed by atoms with Crippen LogP contribution in [-0.2, 0) is 24.2 Å². The van der Waals surface area contributed by atoms with Gasteiger partial charge in [0, 0.05) is 37.1 Å². The van der Waals surface area contributed by atoms with Crippen molar-refractivity contribution < 1.29 is 32.6 Å². The highest BCUT2D eigenvalue weighted by atomic mass is 19.4. The Bertz CT molecular complexity index is 1590. The summed E-state index contributed by atoms with van der Waals surface area (Å²) in [6.07, 6.45) is -1.53. The minimum atomic E-state index is -4.81. The molecule has 0 bridgehead atoms. The van der Waals surface area contributed by atoms with Gasteiger partial charge in [-0.15, -0.1) is 13.2 Å². The van der Waals surface area contributed by atoms with Crippen molar-refractivity contribution in [2.45, 2.75) is 32.2 Å². The van der Waals surface area contributed by atoms with E-state index in [0.717, 1.165) is 22.4 Å². The number of alkyl halides is 3. The van der Waals surface area contributed by atoms with Crippen LogP contribution in [0.5, 0.6) is 5.75 Å². The molecule has 0 unspecified atom stereocenters. The lowest BCUT2D eigenvalue weighted by molar-refractivity contribution is -0.274. The van der Waals surface area contributed by atoms with Crippen molar-refractivity contribution in [3.8, 4) is 16.9 Å². The molecule has 1 aliphatic rings. The lowest BCUT2D eigenvalue weighted by Gasteiger charge is -2.18. The maximum atomic E-state index is 13.1. The molecule has 5 rings (SSSR count). The number of carbonyl (C=O) groups is 2. The number of anilines is 2. The monoisotopic (exact) mass is 554 g/mol. The van der Waals surface area contributed by atoms with Crippen molar-refractivity contribution in [3.63, 3.8) is 0 Å². The number of aromatic nitrogens is 3. The van der Waals surface area contributed by atoms with Crippen LogP contribution in [0.15, 0.2) is 55.0 Å². The number of carbonyl (C=O) groups excluding carboxylic acids is 1. The molecule has 0 saturated heterocycles. The second kappa shape index (κ2) is 10.8. The summed E-state index contributed by atoms with van der Waals surface area (Å²) in [5.41, 5.74) is 10.6. The van der Waals surface area contributed by atoms with E-state index in [1.807, 2.05) is 29.0 Å². The van der Waals surface area contributed by atoms with Crippen LogP contribution in [0.4, 0.5) is 29.5 Å². The predicted octanol–water partition coefficient (Wildman–Crippen LogP) is 4.37. The van der Waals surface area contributed by atoms with Crippen LogP contribution in [0, 0.1) is 0 Å². The number of nitrogen functional groups attached to an aromatic ring is 1. The largest absolute Gasteiger partial charge is 0.573 e. The zero-order valence-electron chi connectivity index (χ0n) is 21.1. The summed E-state index contributed by atoms with van der Waals surface area (Å²) in [5.74, 6) is -0.291. The second-order valence-electron chi connectivity index (χ2n) is 9.29. The van der Waals surface area contributed by atoms with E-state index in [4.69, 9.17) is 10.8 Å². The molecule has 0 saturated carbocycles. The molecule has 40 heavy (non-hydrogen) atoms. The van der Waals surface area contributed by atoms with E-state index in [1.54, 1.807) is 11.0 Å². The van der Waals surface area contributed by atoms with Crippen LogP contribution >= 0.6 is 0 Å². The first-order valence-electron chi connectivity index (χ1n) is 12.4. The maximum Gasteiger partial charge on any atom is 0.573 e. The first-order valence-corrected chi connectivity index (χ1v) is 12.4. The highest BCUT2D eigenvalue weighted by Gasteiger charge is 2.31. The van der Waals surface area contributed by atoms with Crippen LogP contribution in [0.2, 0.25) is 0 Å². The van der Waals surface area contributed by atoms with Crippen molar-refractivity contribution in [1.29, 1.82) is 0 Å². The molecule has 0 aliphatic carbocycles. The lowest BCUT2D eigenvalue weighted by Crippen LogP contribution is -2.30. The topological polar surface area (TPSA) is 136 Å². The van der Waals surface area contributed by atoms with Crippen LogP contribution in [0.25, 0.3) is 22.2 Å². The van der Waals surface area contributed by atoms with E-state index < -0.39 is 12.5 Å². The number of ether oxygens (including phenoxy) is 1. The fourth-order valence-electron chi connectivity index (χ4n) is 4.93. The number of fused-ring (bicyclic) bond motifs is 2. The standard InChI is InChI=1S/C27H25F3N6O4/c28-27(29,30)40-19-4-1-3-16(11-19)12-22(37)36-10-7-18-13-17(5-6-21(18)36)20-14-35(9-2-8-32-26(38)39)25-23(20)24(31)33-15-34-25/h1,3-6,11,13-15,32H,2,7-10,12H2,(H,38,39)(H2,31,33,34). The zero-order chi connectivity index (χ0) is 28.4. The van der Waals surface area contributed by atoms with Gasteiger partial charge in [0.2, 0.25) is 5.91 Å². The van der Waals surface area contributed by atoms with Gasteiger partial charge < -0.3 is 30.4 Å². The molecule has 10 nitrogen and oxygen atoms in total. The molecular formula is C27H25F3N6O4. The minimum absolute atomic E-state index is 0.0751. The Balaban J connectivity index is 1.36. The number of nitrogens with zero attached hydrogens (tertiary/aromatic N) is 4. The average molecular weight is 555 g/mol. The first kappa shape index (κ1) is 26.8. The number of amides is 2. The van der Waals surface area contributed by atoms with E-state index in [2.05, 4.69) is 20.0 Å². The summed E-state index contributed by atoms with van der Waals surface area (Å²) >= 11 is 0. The number of aryl methyl sites for hydroxylation is 1. The molecule has 13 heteroatoms. The highest BCUT2D eigenvalue weighted by Crippen LogP contribution is 2.37. The molecule has 2 aromatic carbocycles. The number of rotatable bonds is 8. The molecule has 3 heterocycles. The predicted molar refractivity (Wildman–Crippen MR) is 141 cm³/mol. The molecule has 2 amide bonds. The van der Waals surface area contributed by atoms with E-state index >= 15 is 0 Å². The number of carboxylic acid groups (broad SMARTS) is 1. The third kappa shape index (κ3) is 5.77. The molecule has 208 valence electrons. The Morgan fingerprint density at radius 2 is 1.98 bits per heavy atom. The average Bonchev–Trinajstić information content (AvgIpc) is 3.48. The van der Waals surface area contributed by atoms with E-state index in [-0.39, 0.29) is 24.6 Å². The summed E-state index contributed by atoms with van der Waals surface area (Å²) < 4.78 is 43.6. The molecule has 4 aromatic rings. The van der Waals surface area contributed by atoms with Gasteiger partial charge in [0.1, 0.15) is 23.5 Å². The van der Waals surface area contributed by atoms with E-state index in [9.17, 15) is 22.8 Å². The quantitative estimate of drug-likeness (QED) is 0.275. The summed E-state index contributed by atoms with van der Waals surface area (Å²) in [4.78, 5) is 34.0. The SMILES string of the molecule is Nc1ncnc2c1c(-c1ccc3c(c1)CCN3C(=O)Cc1cccc(OC(F)(F)F)c1)cn2CCCNC(=O)O. The van der Waals surface area contributed by atoms with Gasteiger partial charge in [-0.2, -0.15) is 0 Å². The van der Waals surface area contributed by atoms with Crippen molar-refractivity contribution in [2.24, 2.45) is 0 Å². The summed E-state index contributed by atoms with van der Waals surface area (Å²) in [6.45, 7) is 1.24. The Kier molecular flexibility index (Phi) is 7.20. The summed E-state index contributed by atoms with van der Waals surface area (Å²) in [7, 11) is 0. The number of benzene rings is 2. The van der Waals surface area contributed by atoms with E-state index in [1.165, 1.54) is 24.5 Å². The van der Waals surface area contributed by atoms with Gasteiger partial charge in [-0.05, 0) is 53.8 Å². The number of nitrogens with one attached hydrogen (secondary N) is 1. The van der Waals surface area contributed by atoms with Crippen molar-refractivity contribution in [1.82, 2.24) is 19.9 Å². The Labute approximate surface area is 226 Å². The van der Waals surface area contributed by atoms with Crippen molar-refractivity contribution in [3.05, 3.63) is 66.1 Å². The third-order valence-corrected chi connectivity index (χ3v) is 6.61. The molecule has 0 fully saturated rings. The van der Waals surface area contributed by atoms with E-state index in [0.29, 0.717) is 48.3 Å². The van der Waals surface area contributed by atoms with Crippen LogP contribution in [0.1, 0.15) is 17.5 Å². The maximum absolute atomic E-state index is 13.1. The fourth-order valence-corrected chi connectivity index (χ4v) is 4.93. The number of hydrogen-bond donors (Lipinski definition) is 3. The molecule has 2 aromatic heterocycles. The van der Waals surface area contributed by atoms with Crippen LogP contribution < -0.4 is 20.7 Å².